The first-order valence-electron chi connectivity index (χ1n) is 5.00. The van der Waals surface area contributed by atoms with E-state index in [9.17, 15) is 9.59 Å². The maximum Gasteiger partial charge on any atom is 0.328 e. The Kier molecular flexibility index (Phi) is 2.62. The van der Waals surface area contributed by atoms with Crippen molar-refractivity contribution in [1.82, 2.24) is 0 Å². The Morgan fingerprint density at radius 1 is 0.933 bits per heavy atom. The minimum atomic E-state index is -0.530. The van der Waals surface area contributed by atoms with Gasteiger partial charge in [-0.25, -0.2) is 0 Å². The largest absolute Gasteiger partial charge is 0.373 e. The van der Waals surface area contributed by atoms with Crippen molar-refractivity contribution in [3.8, 4) is 0 Å². The van der Waals surface area contributed by atoms with E-state index in [0.717, 1.165) is 19.3 Å². The molecular formula is C9H14N2O4. The molecule has 0 spiro atoms. The Hall–Kier alpha value is -1.14. The molecule has 4 atom stereocenters. The number of fused-ring (bicyclic) bond motifs is 2. The summed E-state index contributed by atoms with van der Waals surface area (Å²) in [4.78, 5) is 31.3. The third-order valence-corrected chi connectivity index (χ3v) is 3.69. The zero-order valence-electron chi connectivity index (χ0n) is 8.22. The van der Waals surface area contributed by atoms with Gasteiger partial charge in [0.15, 0.2) is 0 Å². The van der Waals surface area contributed by atoms with Crippen LogP contribution in [0.15, 0.2) is 0 Å². The molecule has 2 aliphatic rings. The van der Waals surface area contributed by atoms with Crippen LogP contribution in [0.5, 0.6) is 0 Å². The van der Waals surface area contributed by atoms with Crippen molar-refractivity contribution >= 4 is 11.9 Å². The topological polar surface area (TPSA) is 105 Å². The molecule has 2 fully saturated rings. The normalized spacial score (nSPS) is 37.7. The Bertz CT molecular complexity index is 266. The first-order valence-corrected chi connectivity index (χ1v) is 5.00. The summed E-state index contributed by atoms with van der Waals surface area (Å²) in [6.45, 7) is 0. The molecule has 0 aromatic rings. The Morgan fingerprint density at radius 3 is 1.67 bits per heavy atom. The highest BCUT2D eigenvalue weighted by Gasteiger charge is 2.55. The summed E-state index contributed by atoms with van der Waals surface area (Å²) in [6.07, 6.45) is 2.75. The Morgan fingerprint density at radius 2 is 1.33 bits per heavy atom. The molecule has 0 aromatic heterocycles. The summed E-state index contributed by atoms with van der Waals surface area (Å²) in [6, 6.07) is 0. The number of hydrogen-bond donors (Lipinski definition) is 2. The molecule has 0 amide bonds. The second kappa shape index (κ2) is 3.79. The maximum absolute atomic E-state index is 11.4. The zero-order chi connectivity index (χ0) is 11.0. The highest BCUT2D eigenvalue weighted by Crippen LogP contribution is 2.52. The quantitative estimate of drug-likeness (QED) is 0.599. The van der Waals surface area contributed by atoms with Gasteiger partial charge in [-0.1, -0.05) is 0 Å². The van der Waals surface area contributed by atoms with Crippen LogP contribution in [0.4, 0.5) is 0 Å². The summed E-state index contributed by atoms with van der Waals surface area (Å²) in [5.74, 6) is 8.09. The molecule has 4 N–H and O–H groups in total. The molecule has 0 heterocycles. The molecule has 2 rings (SSSR count). The molecule has 6 heteroatoms. The minimum Gasteiger partial charge on any atom is -0.373 e. The number of carbonyl (C=O) groups excluding carboxylic acids is 2. The summed E-state index contributed by atoms with van der Waals surface area (Å²) < 4.78 is 0. The van der Waals surface area contributed by atoms with E-state index in [0.29, 0.717) is 0 Å². The van der Waals surface area contributed by atoms with Crippen LogP contribution in [0.25, 0.3) is 0 Å². The zero-order valence-corrected chi connectivity index (χ0v) is 8.22. The van der Waals surface area contributed by atoms with E-state index >= 15 is 0 Å². The van der Waals surface area contributed by atoms with Gasteiger partial charge in [0.25, 0.3) is 0 Å². The van der Waals surface area contributed by atoms with Gasteiger partial charge in [0.1, 0.15) is 0 Å². The van der Waals surface area contributed by atoms with E-state index in [1.165, 1.54) is 0 Å². The van der Waals surface area contributed by atoms with Crippen LogP contribution in [0.2, 0.25) is 0 Å². The molecular weight excluding hydrogens is 200 g/mol. The highest BCUT2D eigenvalue weighted by atomic mass is 16.7. The van der Waals surface area contributed by atoms with E-state index in [4.69, 9.17) is 11.8 Å². The van der Waals surface area contributed by atoms with Gasteiger partial charge in [0.2, 0.25) is 0 Å². The van der Waals surface area contributed by atoms with Gasteiger partial charge in [0.05, 0.1) is 11.8 Å². The van der Waals surface area contributed by atoms with Crippen LogP contribution >= 0.6 is 0 Å². The van der Waals surface area contributed by atoms with Crippen molar-refractivity contribution in [3.63, 3.8) is 0 Å². The predicted octanol–water partition coefficient (Wildman–Crippen LogP) is -0.518. The highest BCUT2D eigenvalue weighted by molar-refractivity contribution is 5.83. The monoisotopic (exact) mass is 214 g/mol. The van der Waals surface area contributed by atoms with Crippen molar-refractivity contribution in [2.24, 2.45) is 35.5 Å². The SMILES string of the molecule is NOC(=O)C1C2CCC(C2)C1C(=O)ON. The van der Waals surface area contributed by atoms with E-state index in [-0.39, 0.29) is 11.8 Å². The number of carbonyl (C=O) groups is 2. The fourth-order valence-corrected chi connectivity index (χ4v) is 3.13. The second-order valence-electron chi connectivity index (χ2n) is 4.26. The van der Waals surface area contributed by atoms with Crippen molar-refractivity contribution < 1.29 is 19.3 Å². The first kappa shape index (κ1) is 10.4. The maximum atomic E-state index is 11.4. The van der Waals surface area contributed by atoms with Crippen molar-refractivity contribution in [2.45, 2.75) is 19.3 Å². The van der Waals surface area contributed by atoms with Crippen LogP contribution < -0.4 is 11.8 Å². The van der Waals surface area contributed by atoms with Crippen molar-refractivity contribution in [3.05, 3.63) is 0 Å². The fraction of sp³-hybridized carbons (Fsp3) is 0.778. The number of hydrogen-bond acceptors (Lipinski definition) is 6. The molecule has 0 radical (unpaired) electrons. The minimum absolute atomic E-state index is 0.190. The van der Waals surface area contributed by atoms with E-state index in [1.54, 1.807) is 0 Å². The molecule has 4 unspecified atom stereocenters. The molecule has 2 saturated carbocycles. The van der Waals surface area contributed by atoms with Gasteiger partial charge in [-0.3, -0.25) is 9.59 Å². The molecule has 0 saturated heterocycles. The molecule has 0 aromatic carbocycles. The third kappa shape index (κ3) is 1.49. The van der Waals surface area contributed by atoms with Gasteiger partial charge in [-0.2, -0.15) is 11.8 Å². The summed E-state index contributed by atoms with van der Waals surface area (Å²) in [7, 11) is 0. The number of nitrogens with two attached hydrogens (primary N) is 2. The van der Waals surface area contributed by atoms with Gasteiger partial charge < -0.3 is 9.68 Å². The average molecular weight is 214 g/mol. The standard InChI is InChI=1S/C9H14N2O4/c10-14-8(12)6-4-1-2-5(3-4)7(6)9(13)15-11/h4-7H,1-3,10-11H2. The molecule has 0 aliphatic heterocycles. The molecule has 2 aliphatic carbocycles. The number of rotatable bonds is 2. The van der Waals surface area contributed by atoms with Gasteiger partial charge in [-0.05, 0) is 31.1 Å². The van der Waals surface area contributed by atoms with Crippen LogP contribution in [0, 0.1) is 23.7 Å². The lowest BCUT2D eigenvalue weighted by atomic mass is 9.79. The van der Waals surface area contributed by atoms with Crippen LogP contribution in [-0.4, -0.2) is 11.9 Å². The lowest BCUT2D eigenvalue weighted by Crippen LogP contribution is -2.38. The summed E-state index contributed by atoms with van der Waals surface area (Å²) >= 11 is 0. The van der Waals surface area contributed by atoms with E-state index in [2.05, 4.69) is 9.68 Å². The molecule has 6 nitrogen and oxygen atoms in total. The van der Waals surface area contributed by atoms with E-state index < -0.39 is 23.8 Å². The van der Waals surface area contributed by atoms with Gasteiger partial charge in [-0.15, -0.1) is 0 Å². The Balaban J connectivity index is 2.19. The molecule has 15 heavy (non-hydrogen) atoms. The summed E-state index contributed by atoms with van der Waals surface area (Å²) in [5, 5.41) is 0. The lowest BCUT2D eigenvalue weighted by molar-refractivity contribution is -0.164. The Labute approximate surface area is 86.8 Å². The second-order valence-corrected chi connectivity index (χ2v) is 4.26. The fourth-order valence-electron chi connectivity index (χ4n) is 3.13. The van der Waals surface area contributed by atoms with Crippen LogP contribution in [0.1, 0.15) is 19.3 Å². The van der Waals surface area contributed by atoms with Crippen molar-refractivity contribution in [1.29, 1.82) is 0 Å². The van der Waals surface area contributed by atoms with Crippen LogP contribution in [-0.2, 0) is 19.3 Å². The molecule has 2 bridgehead atoms. The van der Waals surface area contributed by atoms with Crippen LogP contribution in [0.3, 0.4) is 0 Å². The first-order chi connectivity index (χ1) is 7.19. The van der Waals surface area contributed by atoms with Gasteiger partial charge >= 0.3 is 11.9 Å². The predicted molar refractivity (Wildman–Crippen MR) is 48.4 cm³/mol. The summed E-state index contributed by atoms with van der Waals surface area (Å²) in [5.41, 5.74) is 0. The average Bonchev–Trinajstić information content (AvgIpc) is 2.86. The van der Waals surface area contributed by atoms with Gasteiger partial charge in [0, 0.05) is 0 Å². The third-order valence-electron chi connectivity index (χ3n) is 3.69. The molecule has 84 valence electrons. The lowest BCUT2D eigenvalue weighted by Gasteiger charge is -2.25. The smallest absolute Gasteiger partial charge is 0.328 e. The van der Waals surface area contributed by atoms with Crippen molar-refractivity contribution in [2.75, 3.05) is 0 Å². The van der Waals surface area contributed by atoms with E-state index in [1.807, 2.05) is 0 Å².